The molecule has 0 radical (unpaired) electrons. The van der Waals surface area contributed by atoms with Crippen LogP contribution in [0.4, 0.5) is 0 Å². The van der Waals surface area contributed by atoms with Gasteiger partial charge in [-0.1, -0.05) is 11.8 Å². The average molecular weight is 180 g/mol. The fourth-order valence-electron chi connectivity index (χ4n) is 0.744. The largest absolute Gasteiger partial charge is 0.390 e. The summed E-state index contributed by atoms with van der Waals surface area (Å²) < 4.78 is 0. The Morgan fingerprint density at radius 1 is 1.31 bits per heavy atom. The molecule has 0 aromatic carbocycles. The van der Waals surface area contributed by atoms with Crippen molar-refractivity contribution >= 4 is 0 Å². The Kier molecular flexibility index (Phi) is 5.23. The van der Waals surface area contributed by atoms with E-state index < -0.39 is 11.7 Å². The molecular weight excluding hydrogens is 164 g/mol. The standard InChI is InChI=1S/C11H16O2/c1-4-5-6-7-10(12)8-9-11(2,3)13/h10,12-13H,8-9H2,1-3H3. The lowest BCUT2D eigenvalue weighted by molar-refractivity contribution is 0.0568. The van der Waals surface area contributed by atoms with Crippen LogP contribution in [0.3, 0.4) is 0 Å². The Labute approximate surface area is 80.0 Å². The second-order valence-electron chi connectivity index (χ2n) is 3.51. The first-order valence-corrected chi connectivity index (χ1v) is 4.28. The molecule has 2 N–H and O–H groups in total. The highest BCUT2D eigenvalue weighted by atomic mass is 16.3. The minimum absolute atomic E-state index is 0.474. The predicted octanol–water partition coefficient (Wildman–Crippen LogP) is 0.925. The Bertz CT molecular complexity index is 252. The van der Waals surface area contributed by atoms with E-state index in [1.54, 1.807) is 20.8 Å². The topological polar surface area (TPSA) is 40.5 Å². The minimum atomic E-state index is -0.737. The van der Waals surface area contributed by atoms with Crippen LogP contribution in [-0.4, -0.2) is 21.9 Å². The smallest absolute Gasteiger partial charge is 0.115 e. The van der Waals surface area contributed by atoms with Crippen molar-refractivity contribution in [2.24, 2.45) is 0 Å². The molecule has 13 heavy (non-hydrogen) atoms. The van der Waals surface area contributed by atoms with Gasteiger partial charge in [0.05, 0.1) is 5.60 Å². The molecule has 0 aliphatic carbocycles. The third-order valence-electron chi connectivity index (χ3n) is 1.46. The Morgan fingerprint density at radius 2 is 1.92 bits per heavy atom. The van der Waals surface area contributed by atoms with Crippen molar-refractivity contribution in [2.45, 2.75) is 45.3 Å². The molecule has 0 spiro atoms. The zero-order valence-corrected chi connectivity index (χ0v) is 8.39. The van der Waals surface area contributed by atoms with Crippen LogP contribution < -0.4 is 0 Å². The van der Waals surface area contributed by atoms with Gasteiger partial charge in [-0.15, -0.1) is 0 Å². The lowest BCUT2D eigenvalue weighted by Crippen LogP contribution is -2.20. The summed E-state index contributed by atoms with van der Waals surface area (Å²) in [4.78, 5) is 0. The van der Waals surface area contributed by atoms with Crippen LogP contribution in [0.25, 0.3) is 0 Å². The first-order chi connectivity index (χ1) is 5.95. The maximum atomic E-state index is 9.35. The molecule has 2 nitrogen and oxygen atoms in total. The quantitative estimate of drug-likeness (QED) is 0.634. The minimum Gasteiger partial charge on any atom is -0.390 e. The van der Waals surface area contributed by atoms with Gasteiger partial charge in [0, 0.05) is 0 Å². The summed E-state index contributed by atoms with van der Waals surface area (Å²) in [6.45, 7) is 5.11. The van der Waals surface area contributed by atoms with Crippen LogP contribution in [0.2, 0.25) is 0 Å². The molecule has 0 fully saturated rings. The van der Waals surface area contributed by atoms with Gasteiger partial charge in [-0.05, 0) is 45.5 Å². The molecule has 1 unspecified atom stereocenters. The van der Waals surface area contributed by atoms with Gasteiger partial charge >= 0.3 is 0 Å². The summed E-state index contributed by atoms with van der Waals surface area (Å²) in [5, 5.41) is 18.6. The van der Waals surface area contributed by atoms with Gasteiger partial charge in [-0.3, -0.25) is 0 Å². The molecule has 0 amide bonds. The van der Waals surface area contributed by atoms with Crippen molar-refractivity contribution in [3.63, 3.8) is 0 Å². The van der Waals surface area contributed by atoms with Gasteiger partial charge in [-0.25, -0.2) is 0 Å². The van der Waals surface area contributed by atoms with Crippen molar-refractivity contribution < 1.29 is 10.2 Å². The van der Waals surface area contributed by atoms with E-state index in [1.165, 1.54) is 0 Å². The molecule has 1 atom stereocenters. The molecule has 72 valence electrons. The summed E-state index contributed by atoms with van der Waals surface area (Å²) in [7, 11) is 0. The van der Waals surface area contributed by atoms with E-state index in [0.717, 1.165) is 0 Å². The Morgan fingerprint density at radius 3 is 2.38 bits per heavy atom. The van der Waals surface area contributed by atoms with Crippen LogP contribution >= 0.6 is 0 Å². The summed E-state index contributed by atoms with van der Waals surface area (Å²) in [5.74, 6) is 10.3. The number of rotatable bonds is 3. The van der Waals surface area contributed by atoms with Crippen LogP contribution in [0.15, 0.2) is 0 Å². The molecule has 0 aromatic heterocycles. The van der Waals surface area contributed by atoms with Crippen molar-refractivity contribution in [3.8, 4) is 23.7 Å². The monoisotopic (exact) mass is 180 g/mol. The number of aliphatic hydroxyl groups is 2. The van der Waals surface area contributed by atoms with Crippen molar-refractivity contribution in [1.29, 1.82) is 0 Å². The average Bonchev–Trinajstić information content (AvgIpc) is 2.00. The lowest BCUT2D eigenvalue weighted by Gasteiger charge is -2.16. The normalized spacial score (nSPS) is 12.1. The van der Waals surface area contributed by atoms with Crippen LogP contribution in [0.5, 0.6) is 0 Å². The number of hydrogen-bond donors (Lipinski definition) is 2. The van der Waals surface area contributed by atoms with Gasteiger partial charge < -0.3 is 10.2 Å². The summed E-state index contributed by atoms with van der Waals surface area (Å²) in [6, 6.07) is 0. The van der Waals surface area contributed by atoms with Gasteiger partial charge in [-0.2, -0.15) is 0 Å². The van der Waals surface area contributed by atoms with Crippen LogP contribution in [0.1, 0.15) is 33.6 Å². The zero-order chi connectivity index (χ0) is 10.3. The third-order valence-corrected chi connectivity index (χ3v) is 1.46. The molecule has 0 heterocycles. The maximum Gasteiger partial charge on any atom is 0.115 e. The molecule has 2 heteroatoms. The highest BCUT2D eigenvalue weighted by Gasteiger charge is 2.13. The molecule has 0 aromatic rings. The van der Waals surface area contributed by atoms with E-state index >= 15 is 0 Å². The predicted molar refractivity (Wildman–Crippen MR) is 52.8 cm³/mol. The van der Waals surface area contributed by atoms with E-state index in [0.29, 0.717) is 12.8 Å². The first kappa shape index (κ1) is 12.0. The molecule has 0 saturated carbocycles. The highest BCUT2D eigenvalue weighted by Crippen LogP contribution is 2.11. The van der Waals surface area contributed by atoms with Crippen molar-refractivity contribution in [3.05, 3.63) is 0 Å². The fourth-order valence-corrected chi connectivity index (χ4v) is 0.744. The van der Waals surface area contributed by atoms with E-state index in [9.17, 15) is 10.2 Å². The molecule has 0 aliphatic rings. The fraction of sp³-hybridized carbons (Fsp3) is 0.636. The number of hydrogen-bond acceptors (Lipinski definition) is 2. The molecule has 0 bridgehead atoms. The van der Waals surface area contributed by atoms with E-state index in [1.807, 2.05) is 0 Å². The molecule has 0 rings (SSSR count). The zero-order valence-electron chi connectivity index (χ0n) is 8.39. The Hall–Kier alpha value is -0.960. The summed E-state index contributed by atoms with van der Waals surface area (Å²) in [6.07, 6.45) is 0.317. The van der Waals surface area contributed by atoms with Crippen LogP contribution in [-0.2, 0) is 0 Å². The van der Waals surface area contributed by atoms with Crippen LogP contribution in [0, 0.1) is 23.7 Å². The summed E-state index contributed by atoms with van der Waals surface area (Å²) in [5.41, 5.74) is -0.737. The molecular formula is C11H16O2. The third kappa shape index (κ3) is 8.95. The van der Waals surface area contributed by atoms with E-state index in [2.05, 4.69) is 23.7 Å². The highest BCUT2D eigenvalue weighted by molar-refractivity contribution is 5.26. The Balaban J connectivity index is 3.82. The SMILES string of the molecule is CC#CC#CC(O)CCC(C)(C)O. The van der Waals surface area contributed by atoms with Gasteiger partial charge in [0.25, 0.3) is 0 Å². The van der Waals surface area contributed by atoms with Crippen molar-refractivity contribution in [1.82, 2.24) is 0 Å². The molecule has 0 saturated heterocycles. The van der Waals surface area contributed by atoms with Gasteiger partial charge in [0.1, 0.15) is 6.10 Å². The second kappa shape index (κ2) is 5.65. The van der Waals surface area contributed by atoms with E-state index in [-0.39, 0.29) is 0 Å². The second-order valence-corrected chi connectivity index (χ2v) is 3.51. The van der Waals surface area contributed by atoms with Gasteiger partial charge in [0.15, 0.2) is 0 Å². The number of aliphatic hydroxyl groups excluding tert-OH is 1. The van der Waals surface area contributed by atoms with Gasteiger partial charge in [0.2, 0.25) is 0 Å². The summed E-state index contributed by atoms with van der Waals surface area (Å²) >= 11 is 0. The van der Waals surface area contributed by atoms with E-state index in [4.69, 9.17) is 0 Å². The molecule has 0 aliphatic heterocycles. The first-order valence-electron chi connectivity index (χ1n) is 4.28. The lowest BCUT2D eigenvalue weighted by atomic mass is 10.0. The maximum absolute atomic E-state index is 9.35. The van der Waals surface area contributed by atoms with Crippen molar-refractivity contribution in [2.75, 3.05) is 0 Å².